The molecule has 166 valence electrons. The number of aromatic nitrogens is 2. The average Bonchev–Trinajstić information content (AvgIpc) is 3.13. The molecule has 0 aromatic carbocycles. The summed E-state index contributed by atoms with van der Waals surface area (Å²) in [6.07, 6.45) is 6.72. The van der Waals surface area contributed by atoms with Crippen molar-refractivity contribution in [2.24, 2.45) is 5.14 Å². The van der Waals surface area contributed by atoms with E-state index < -0.39 is 10.2 Å². The van der Waals surface area contributed by atoms with Crippen molar-refractivity contribution < 1.29 is 17.9 Å². The van der Waals surface area contributed by atoms with Gasteiger partial charge in [0.2, 0.25) is 5.88 Å². The highest BCUT2D eigenvalue weighted by Crippen LogP contribution is 2.51. The molecule has 0 spiro atoms. The van der Waals surface area contributed by atoms with E-state index in [1.54, 1.807) is 18.1 Å². The maximum atomic E-state index is 11.9. The molecule has 2 atom stereocenters. The van der Waals surface area contributed by atoms with Gasteiger partial charge < -0.3 is 9.47 Å². The monoisotopic (exact) mass is 455 g/mol. The van der Waals surface area contributed by atoms with Crippen LogP contribution in [0.25, 0.3) is 0 Å². The van der Waals surface area contributed by atoms with Gasteiger partial charge in [0.05, 0.1) is 18.8 Å². The van der Waals surface area contributed by atoms with Crippen LogP contribution in [0.15, 0.2) is 11.4 Å². The number of nitrogens with two attached hydrogens (primary N) is 1. The summed E-state index contributed by atoms with van der Waals surface area (Å²) in [5.74, 6) is 0.657. The highest BCUT2D eigenvalue weighted by atomic mass is 32.2. The first-order valence-electron chi connectivity index (χ1n) is 10.8. The van der Waals surface area contributed by atoms with E-state index >= 15 is 0 Å². The van der Waals surface area contributed by atoms with E-state index in [2.05, 4.69) is 14.9 Å². The molecule has 1 aliphatic carbocycles. The molecule has 9 nitrogen and oxygen atoms in total. The molecule has 2 unspecified atom stereocenters. The van der Waals surface area contributed by atoms with Crippen LogP contribution in [0.2, 0.25) is 0 Å². The van der Waals surface area contributed by atoms with E-state index in [1.165, 1.54) is 4.31 Å². The number of nitrogens with zero attached hydrogens (tertiary/aromatic N) is 4. The third kappa shape index (κ3) is 4.20. The molecule has 3 aliphatic heterocycles. The molecule has 4 aliphatic rings. The SMILES string of the molecule is NS(=O)(=O)N1CCC2Sc3ncnc(OC4CCC(N5CCOCC5)CC4)c3C2C1. The van der Waals surface area contributed by atoms with E-state index in [0.29, 0.717) is 30.3 Å². The fourth-order valence-electron chi connectivity index (χ4n) is 5.19. The molecule has 30 heavy (non-hydrogen) atoms. The molecule has 0 radical (unpaired) electrons. The zero-order chi connectivity index (χ0) is 20.7. The molecule has 2 saturated heterocycles. The summed E-state index contributed by atoms with van der Waals surface area (Å²) in [6.45, 7) is 4.54. The Morgan fingerprint density at radius 1 is 1.10 bits per heavy atom. The first-order chi connectivity index (χ1) is 14.5. The second-order valence-corrected chi connectivity index (χ2v) is 11.3. The average molecular weight is 456 g/mol. The van der Waals surface area contributed by atoms with E-state index in [4.69, 9.17) is 14.6 Å². The molecule has 1 aromatic rings. The van der Waals surface area contributed by atoms with Gasteiger partial charge >= 0.3 is 0 Å². The summed E-state index contributed by atoms with van der Waals surface area (Å²) in [7, 11) is -3.70. The molecule has 3 fully saturated rings. The third-order valence-corrected chi connectivity index (χ3v) is 9.27. The molecule has 0 amide bonds. The second-order valence-electron chi connectivity index (χ2n) is 8.55. The fraction of sp³-hybridized carbons (Fsp3) is 0.789. The molecule has 2 N–H and O–H groups in total. The Labute approximate surface area is 181 Å². The van der Waals surface area contributed by atoms with Gasteiger partial charge in [0, 0.05) is 43.4 Å². The largest absolute Gasteiger partial charge is 0.474 e. The lowest BCUT2D eigenvalue weighted by Crippen LogP contribution is -2.46. The molecule has 5 rings (SSSR count). The van der Waals surface area contributed by atoms with E-state index in [-0.39, 0.29) is 12.0 Å². The Bertz CT molecular complexity index is 872. The standard InChI is InChI=1S/C19H29N5O4S2/c20-30(25,26)24-6-5-16-15(11-24)17-18(21-12-22-19(17)29-16)28-14-3-1-13(2-4-14)23-7-9-27-10-8-23/h12-16H,1-11H2,(H2,20,25,26). The summed E-state index contributed by atoms with van der Waals surface area (Å²) >= 11 is 1.72. The van der Waals surface area contributed by atoms with Gasteiger partial charge in [-0.25, -0.2) is 15.1 Å². The van der Waals surface area contributed by atoms with Gasteiger partial charge in [0.25, 0.3) is 10.2 Å². The van der Waals surface area contributed by atoms with E-state index in [9.17, 15) is 8.42 Å². The van der Waals surface area contributed by atoms with Crippen LogP contribution in [0.1, 0.15) is 43.6 Å². The number of piperidine rings is 1. The number of rotatable bonds is 4. The number of fused-ring (bicyclic) bond motifs is 3. The molecule has 11 heteroatoms. The van der Waals surface area contributed by atoms with Crippen molar-refractivity contribution >= 4 is 22.0 Å². The lowest BCUT2D eigenvalue weighted by Gasteiger charge is -2.38. The van der Waals surface area contributed by atoms with Crippen LogP contribution in [-0.2, 0) is 14.9 Å². The van der Waals surface area contributed by atoms with Crippen LogP contribution >= 0.6 is 11.8 Å². The normalized spacial score (nSPS) is 33.1. The zero-order valence-corrected chi connectivity index (χ0v) is 18.6. The van der Waals surface area contributed by atoms with Gasteiger partial charge in [-0.05, 0) is 32.1 Å². The summed E-state index contributed by atoms with van der Waals surface area (Å²) < 4.78 is 37.0. The second kappa shape index (κ2) is 8.51. The number of hydrogen-bond donors (Lipinski definition) is 1. The third-order valence-electron chi connectivity index (χ3n) is 6.80. The van der Waals surface area contributed by atoms with Crippen LogP contribution in [0.3, 0.4) is 0 Å². The first kappa shape index (κ1) is 20.9. The first-order valence-corrected chi connectivity index (χ1v) is 13.1. The van der Waals surface area contributed by atoms with Crippen LogP contribution in [0.5, 0.6) is 5.88 Å². The Morgan fingerprint density at radius 3 is 2.60 bits per heavy atom. The van der Waals surface area contributed by atoms with Crippen molar-refractivity contribution in [1.29, 1.82) is 0 Å². The van der Waals surface area contributed by atoms with Crippen molar-refractivity contribution in [3.8, 4) is 5.88 Å². The van der Waals surface area contributed by atoms with E-state index in [0.717, 1.165) is 69.0 Å². The number of ether oxygens (including phenoxy) is 2. The molecule has 0 bridgehead atoms. The zero-order valence-electron chi connectivity index (χ0n) is 17.0. The van der Waals surface area contributed by atoms with Gasteiger partial charge in [-0.3, -0.25) is 4.90 Å². The minimum absolute atomic E-state index is 0.0259. The van der Waals surface area contributed by atoms with Crippen LogP contribution in [0, 0.1) is 0 Å². The summed E-state index contributed by atoms with van der Waals surface area (Å²) in [4.78, 5) is 11.5. The Morgan fingerprint density at radius 2 is 1.87 bits per heavy atom. The predicted molar refractivity (Wildman–Crippen MR) is 113 cm³/mol. The van der Waals surface area contributed by atoms with Crippen molar-refractivity contribution in [3.05, 3.63) is 11.9 Å². The highest BCUT2D eigenvalue weighted by molar-refractivity contribution is 8.00. The van der Waals surface area contributed by atoms with Gasteiger partial charge in [-0.15, -0.1) is 11.8 Å². The fourth-order valence-corrected chi connectivity index (χ4v) is 7.29. The lowest BCUT2D eigenvalue weighted by molar-refractivity contribution is -0.00155. The van der Waals surface area contributed by atoms with Crippen molar-refractivity contribution in [2.75, 3.05) is 39.4 Å². The van der Waals surface area contributed by atoms with Crippen molar-refractivity contribution in [2.45, 2.75) is 60.4 Å². The van der Waals surface area contributed by atoms with Gasteiger partial charge in [-0.1, -0.05) is 0 Å². The van der Waals surface area contributed by atoms with Crippen molar-refractivity contribution in [1.82, 2.24) is 19.2 Å². The van der Waals surface area contributed by atoms with Crippen molar-refractivity contribution in [3.63, 3.8) is 0 Å². The van der Waals surface area contributed by atoms with Gasteiger partial charge in [0.15, 0.2) is 0 Å². The minimum atomic E-state index is -3.70. The number of thioether (sulfide) groups is 1. The van der Waals surface area contributed by atoms with Crippen LogP contribution < -0.4 is 9.88 Å². The number of morpholine rings is 1. The molecule has 1 saturated carbocycles. The quantitative estimate of drug-likeness (QED) is 0.669. The molecular weight excluding hydrogens is 426 g/mol. The maximum absolute atomic E-state index is 11.9. The summed E-state index contributed by atoms with van der Waals surface area (Å²) in [5, 5.41) is 6.62. The lowest BCUT2D eigenvalue weighted by atomic mass is 9.91. The summed E-state index contributed by atoms with van der Waals surface area (Å²) in [6, 6.07) is 0.617. The Kier molecular flexibility index (Phi) is 5.93. The smallest absolute Gasteiger partial charge is 0.276 e. The molecule has 1 aromatic heterocycles. The predicted octanol–water partition coefficient (Wildman–Crippen LogP) is 0.966. The van der Waals surface area contributed by atoms with Gasteiger partial charge in [0.1, 0.15) is 17.5 Å². The van der Waals surface area contributed by atoms with Crippen LogP contribution in [-0.4, -0.2) is 84.4 Å². The van der Waals surface area contributed by atoms with E-state index in [1.807, 2.05) is 0 Å². The molecule has 4 heterocycles. The Balaban J connectivity index is 1.27. The highest BCUT2D eigenvalue weighted by Gasteiger charge is 2.43. The Hall–Kier alpha value is -0.980. The topological polar surface area (TPSA) is 111 Å². The maximum Gasteiger partial charge on any atom is 0.276 e. The number of hydrogen-bond acceptors (Lipinski definition) is 8. The minimum Gasteiger partial charge on any atom is -0.474 e. The van der Waals surface area contributed by atoms with Crippen LogP contribution in [0.4, 0.5) is 0 Å². The molecular formula is C19H29N5O4S2. The van der Waals surface area contributed by atoms with Gasteiger partial charge in [-0.2, -0.15) is 12.7 Å². The summed E-state index contributed by atoms with van der Waals surface area (Å²) in [5.41, 5.74) is 0.969.